The van der Waals surface area contributed by atoms with Gasteiger partial charge in [0, 0.05) is 6.54 Å². The van der Waals surface area contributed by atoms with E-state index >= 15 is 0 Å². The van der Waals surface area contributed by atoms with Crippen molar-refractivity contribution in [3.05, 3.63) is 23.6 Å². The number of nitrogens with zero attached hydrogens (tertiary/aromatic N) is 2. The molecule has 1 aliphatic carbocycles. The second-order valence-electron chi connectivity index (χ2n) is 4.36. The zero-order valence-corrected chi connectivity index (χ0v) is 9.77. The minimum Gasteiger partial charge on any atom is -0.478 e. The van der Waals surface area contributed by atoms with Gasteiger partial charge >= 0.3 is 5.97 Å². The van der Waals surface area contributed by atoms with Crippen molar-refractivity contribution in [2.75, 3.05) is 18.0 Å². The van der Waals surface area contributed by atoms with Crippen molar-refractivity contribution in [2.45, 2.75) is 12.8 Å². The Morgan fingerprint density at radius 2 is 2.39 bits per heavy atom. The molecule has 0 atom stereocenters. The minimum absolute atomic E-state index is 0.147. The highest BCUT2D eigenvalue weighted by Crippen LogP contribution is 2.31. The third kappa shape index (κ3) is 2.77. The highest BCUT2D eigenvalue weighted by molar-refractivity contribution is 5.93. The molecule has 0 unspecified atom stereocenters. The molecule has 0 amide bonds. The summed E-state index contributed by atoms with van der Waals surface area (Å²) in [5, 5.41) is 9.07. The van der Waals surface area contributed by atoms with Crippen LogP contribution in [0.15, 0.2) is 12.3 Å². The van der Waals surface area contributed by atoms with Crippen LogP contribution in [0.2, 0.25) is 0 Å². The van der Waals surface area contributed by atoms with Gasteiger partial charge in [-0.2, -0.15) is 0 Å². The first-order valence-corrected chi connectivity index (χ1v) is 5.69. The number of carboxylic acids is 1. The third-order valence-corrected chi connectivity index (χ3v) is 2.82. The van der Waals surface area contributed by atoms with Crippen LogP contribution in [0.25, 0.3) is 0 Å². The molecule has 2 rings (SSSR count). The van der Waals surface area contributed by atoms with Gasteiger partial charge in [-0.05, 0) is 24.8 Å². The molecule has 1 N–H and O–H groups in total. The van der Waals surface area contributed by atoms with Crippen molar-refractivity contribution in [1.82, 2.24) is 4.98 Å². The first-order valence-electron chi connectivity index (χ1n) is 5.69. The predicted octanol–water partition coefficient (Wildman–Crippen LogP) is 1.77. The molecule has 1 fully saturated rings. The lowest BCUT2D eigenvalue weighted by Crippen LogP contribution is -2.29. The lowest BCUT2D eigenvalue weighted by molar-refractivity contribution is 0.0696. The van der Waals surface area contributed by atoms with Crippen LogP contribution in [0, 0.1) is 24.1 Å². The summed E-state index contributed by atoms with van der Waals surface area (Å²) in [7, 11) is 0. The van der Waals surface area contributed by atoms with Gasteiger partial charge in [-0.1, -0.05) is 5.92 Å². The van der Waals surface area contributed by atoms with Crippen molar-refractivity contribution >= 4 is 11.8 Å². The molecule has 1 heterocycles. The Balaban J connectivity index is 2.32. The molecule has 0 aliphatic heterocycles. The summed E-state index contributed by atoms with van der Waals surface area (Å²) in [4.78, 5) is 16.7. The van der Waals surface area contributed by atoms with E-state index in [2.05, 4.69) is 10.9 Å². The van der Waals surface area contributed by atoms with Crippen LogP contribution < -0.4 is 4.90 Å². The summed E-state index contributed by atoms with van der Waals surface area (Å²) in [5.74, 6) is 1.39. The maximum absolute atomic E-state index is 13.0. The van der Waals surface area contributed by atoms with E-state index in [0.717, 1.165) is 25.1 Å². The molecule has 0 radical (unpaired) electrons. The number of halogens is 1. The zero-order valence-electron chi connectivity index (χ0n) is 9.77. The molecule has 0 spiro atoms. The molecule has 4 nitrogen and oxygen atoms in total. The Morgan fingerprint density at radius 3 is 2.94 bits per heavy atom. The summed E-state index contributed by atoms with van der Waals surface area (Å²) in [6.07, 6.45) is 8.52. The third-order valence-electron chi connectivity index (χ3n) is 2.82. The number of anilines is 1. The van der Waals surface area contributed by atoms with Gasteiger partial charge in [0.25, 0.3) is 0 Å². The molecule has 1 saturated carbocycles. The number of rotatable bonds is 5. The van der Waals surface area contributed by atoms with E-state index < -0.39 is 11.8 Å². The average molecular weight is 248 g/mol. The smallest absolute Gasteiger partial charge is 0.339 e. The minimum atomic E-state index is -1.20. The van der Waals surface area contributed by atoms with Crippen molar-refractivity contribution in [3.8, 4) is 12.3 Å². The molecule has 18 heavy (non-hydrogen) atoms. The maximum Gasteiger partial charge on any atom is 0.339 e. The molecule has 5 heteroatoms. The molecular weight excluding hydrogens is 235 g/mol. The first kappa shape index (κ1) is 12.4. The Bertz CT molecular complexity index is 506. The summed E-state index contributed by atoms with van der Waals surface area (Å²) in [6.45, 7) is 0.943. The number of carboxylic acid groups (broad SMARTS) is 1. The standard InChI is InChI=1S/C13H13FN2O2/c1-2-5-16(8-9-3-4-9)12-11(13(17)18)6-10(14)7-15-12/h1,6-7,9H,3-5,8H2,(H,17,18). The summed E-state index contributed by atoms with van der Waals surface area (Å²) in [6, 6.07) is 0.973. The van der Waals surface area contributed by atoms with Crippen molar-refractivity contribution in [3.63, 3.8) is 0 Å². The highest BCUT2D eigenvalue weighted by Gasteiger charge is 2.27. The SMILES string of the molecule is C#CCN(CC1CC1)c1ncc(F)cc1C(=O)O. The fraction of sp³-hybridized carbons (Fsp3) is 0.385. The van der Waals surface area contributed by atoms with Gasteiger partial charge in [0.15, 0.2) is 0 Å². The summed E-state index contributed by atoms with van der Waals surface area (Å²) in [5.41, 5.74) is -0.147. The van der Waals surface area contributed by atoms with E-state index in [0.29, 0.717) is 12.5 Å². The van der Waals surface area contributed by atoms with Gasteiger partial charge in [-0.15, -0.1) is 6.42 Å². The van der Waals surface area contributed by atoms with Crippen molar-refractivity contribution in [1.29, 1.82) is 0 Å². The molecule has 0 bridgehead atoms. The Morgan fingerprint density at radius 1 is 1.67 bits per heavy atom. The molecule has 1 aliphatic rings. The number of aromatic nitrogens is 1. The number of terminal acetylenes is 1. The topological polar surface area (TPSA) is 53.4 Å². The molecule has 1 aromatic rings. The van der Waals surface area contributed by atoms with Crippen molar-refractivity contribution < 1.29 is 14.3 Å². The molecule has 0 saturated heterocycles. The summed E-state index contributed by atoms with van der Waals surface area (Å²) >= 11 is 0. The van der Waals surface area contributed by atoms with Gasteiger partial charge in [0.2, 0.25) is 0 Å². The van der Waals surface area contributed by atoms with Crippen LogP contribution in [0.3, 0.4) is 0 Å². The number of aromatic carboxylic acids is 1. The number of carbonyl (C=O) groups is 1. The highest BCUT2D eigenvalue weighted by atomic mass is 19.1. The summed E-state index contributed by atoms with van der Waals surface area (Å²) < 4.78 is 13.0. The van der Waals surface area contributed by atoms with Gasteiger partial charge in [-0.25, -0.2) is 14.2 Å². The van der Waals surface area contributed by atoms with E-state index in [1.54, 1.807) is 4.90 Å². The van der Waals surface area contributed by atoms with Crippen LogP contribution in [-0.4, -0.2) is 29.1 Å². The lowest BCUT2D eigenvalue weighted by Gasteiger charge is -2.22. The Hall–Kier alpha value is -2.09. The number of pyridine rings is 1. The van der Waals surface area contributed by atoms with Gasteiger partial charge < -0.3 is 10.0 Å². The number of hydrogen-bond acceptors (Lipinski definition) is 3. The lowest BCUT2D eigenvalue weighted by atomic mass is 10.2. The Kier molecular flexibility index (Phi) is 3.47. The normalized spacial score (nSPS) is 14.0. The van der Waals surface area contributed by atoms with Crippen molar-refractivity contribution in [2.24, 2.45) is 5.92 Å². The second-order valence-corrected chi connectivity index (χ2v) is 4.36. The van der Waals surface area contributed by atoms with E-state index in [4.69, 9.17) is 11.5 Å². The van der Waals surface area contributed by atoms with Gasteiger partial charge in [0.05, 0.1) is 12.7 Å². The second kappa shape index (κ2) is 5.05. The first-order chi connectivity index (χ1) is 8.61. The fourth-order valence-electron chi connectivity index (χ4n) is 1.79. The van der Waals surface area contributed by atoms with E-state index in [1.807, 2.05) is 0 Å². The van der Waals surface area contributed by atoms with E-state index in [9.17, 15) is 9.18 Å². The maximum atomic E-state index is 13.0. The van der Waals surface area contributed by atoms with Crippen LogP contribution >= 0.6 is 0 Å². The van der Waals surface area contributed by atoms with E-state index in [-0.39, 0.29) is 17.9 Å². The monoisotopic (exact) mass is 248 g/mol. The number of hydrogen-bond donors (Lipinski definition) is 1. The fourth-order valence-corrected chi connectivity index (χ4v) is 1.79. The van der Waals surface area contributed by atoms with Crippen LogP contribution in [0.5, 0.6) is 0 Å². The molecule has 94 valence electrons. The predicted molar refractivity (Wildman–Crippen MR) is 64.9 cm³/mol. The Labute approximate surface area is 104 Å². The quantitative estimate of drug-likeness (QED) is 0.807. The van der Waals surface area contributed by atoms with Crippen LogP contribution in [0.4, 0.5) is 10.2 Å². The van der Waals surface area contributed by atoms with Crippen LogP contribution in [-0.2, 0) is 0 Å². The van der Waals surface area contributed by atoms with E-state index in [1.165, 1.54) is 0 Å². The molecular formula is C13H13FN2O2. The average Bonchev–Trinajstić information content (AvgIpc) is 3.12. The van der Waals surface area contributed by atoms with Crippen LogP contribution in [0.1, 0.15) is 23.2 Å². The van der Waals surface area contributed by atoms with Gasteiger partial charge in [0.1, 0.15) is 17.2 Å². The van der Waals surface area contributed by atoms with Gasteiger partial charge in [-0.3, -0.25) is 0 Å². The zero-order chi connectivity index (χ0) is 13.1. The molecule has 0 aromatic carbocycles. The largest absolute Gasteiger partial charge is 0.478 e. The molecule has 1 aromatic heterocycles.